The van der Waals surface area contributed by atoms with Crippen molar-refractivity contribution in [2.45, 2.75) is 60.3 Å². The van der Waals surface area contributed by atoms with Gasteiger partial charge in [0.05, 0.1) is 0 Å². The molecule has 0 bridgehead atoms. The minimum absolute atomic E-state index is 0.201. The van der Waals surface area contributed by atoms with Gasteiger partial charge in [-0.05, 0) is 57.6 Å². The summed E-state index contributed by atoms with van der Waals surface area (Å²) in [7, 11) is 0. The summed E-state index contributed by atoms with van der Waals surface area (Å²) in [5.74, 6) is 0. The van der Waals surface area contributed by atoms with Crippen LogP contribution in [0.2, 0.25) is 0 Å². The Bertz CT molecular complexity index is 787. The average Bonchev–Trinajstić information content (AvgIpc) is 2.84. The van der Waals surface area contributed by atoms with Gasteiger partial charge in [0, 0.05) is 0 Å². The standard InChI is InChI=1S/C24H30/c1-16-21(24(5,6)7)15-18-9-8-10-20(22(16)18)17-11-13-19(14-12-17)23(2,3)4/h8-14H,15H2,1-7H3. The van der Waals surface area contributed by atoms with E-state index in [4.69, 9.17) is 0 Å². The van der Waals surface area contributed by atoms with Crippen LogP contribution in [0.25, 0.3) is 16.7 Å². The molecule has 0 radical (unpaired) electrons. The Morgan fingerprint density at radius 1 is 0.750 bits per heavy atom. The normalized spacial score (nSPS) is 15.0. The molecule has 3 rings (SSSR count). The largest absolute Gasteiger partial charge is 0.0613 e. The molecule has 0 atom stereocenters. The number of fused-ring (bicyclic) bond motifs is 1. The van der Waals surface area contributed by atoms with Crippen molar-refractivity contribution in [3.8, 4) is 11.1 Å². The Hall–Kier alpha value is -1.82. The smallest absolute Gasteiger partial charge is 0.00496 e. The van der Waals surface area contributed by atoms with Gasteiger partial charge >= 0.3 is 0 Å². The minimum Gasteiger partial charge on any atom is -0.0613 e. The van der Waals surface area contributed by atoms with Gasteiger partial charge in [0.2, 0.25) is 0 Å². The highest BCUT2D eigenvalue weighted by Crippen LogP contribution is 2.45. The molecule has 0 heterocycles. The topological polar surface area (TPSA) is 0 Å². The van der Waals surface area contributed by atoms with Gasteiger partial charge in [-0.15, -0.1) is 0 Å². The predicted octanol–water partition coefficient (Wildman–Crippen LogP) is 7.03. The van der Waals surface area contributed by atoms with Crippen molar-refractivity contribution in [2.24, 2.45) is 5.41 Å². The van der Waals surface area contributed by atoms with E-state index in [0.29, 0.717) is 0 Å². The van der Waals surface area contributed by atoms with Gasteiger partial charge in [-0.3, -0.25) is 0 Å². The SMILES string of the molecule is CC1=C(C(C)(C)C)Cc2cccc(-c3ccc(C(C)(C)C)cc3)c21. The molecule has 0 fully saturated rings. The summed E-state index contributed by atoms with van der Waals surface area (Å²) in [5.41, 5.74) is 10.5. The van der Waals surface area contributed by atoms with E-state index in [-0.39, 0.29) is 10.8 Å². The van der Waals surface area contributed by atoms with E-state index < -0.39 is 0 Å². The fraction of sp³-hybridized carbons (Fsp3) is 0.417. The van der Waals surface area contributed by atoms with E-state index in [2.05, 4.69) is 90.9 Å². The summed E-state index contributed by atoms with van der Waals surface area (Å²) >= 11 is 0. The maximum absolute atomic E-state index is 2.33. The zero-order valence-electron chi connectivity index (χ0n) is 16.2. The molecule has 24 heavy (non-hydrogen) atoms. The first kappa shape index (κ1) is 17.0. The molecule has 2 aromatic rings. The highest BCUT2D eigenvalue weighted by molar-refractivity contribution is 5.87. The van der Waals surface area contributed by atoms with Crippen LogP contribution in [-0.4, -0.2) is 0 Å². The third-order valence-corrected chi connectivity index (χ3v) is 5.31. The van der Waals surface area contributed by atoms with Crippen LogP contribution in [0, 0.1) is 5.41 Å². The van der Waals surface area contributed by atoms with Crippen LogP contribution in [0.3, 0.4) is 0 Å². The first-order valence-corrected chi connectivity index (χ1v) is 9.02. The summed E-state index contributed by atoms with van der Waals surface area (Å²) in [6, 6.07) is 15.9. The van der Waals surface area contributed by atoms with Crippen LogP contribution >= 0.6 is 0 Å². The molecule has 0 aromatic heterocycles. The molecule has 0 amide bonds. The molecule has 0 heteroatoms. The van der Waals surface area contributed by atoms with Gasteiger partial charge in [-0.2, -0.15) is 0 Å². The van der Waals surface area contributed by atoms with Crippen molar-refractivity contribution in [1.29, 1.82) is 0 Å². The van der Waals surface area contributed by atoms with Crippen LogP contribution in [0.1, 0.15) is 65.2 Å². The van der Waals surface area contributed by atoms with Crippen molar-refractivity contribution in [2.75, 3.05) is 0 Å². The number of hydrogen-bond donors (Lipinski definition) is 0. The van der Waals surface area contributed by atoms with Gasteiger partial charge in [-0.25, -0.2) is 0 Å². The van der Waals surface area contributed by atoms with Crippen LogP contribution in [0.5, 0.6) is 0 Å². The Balaban J connectivity index is 2.10. The molecular formula is C24H30. The van der Waals surface area contributed by atoms with E-state index in [9.17, 15) is 0 Å². The lowest BCUT2D eigenvalue weighted by Gasteiger charge is -2.22. The Morgan fingerprint density at radius 3 is 1.92 bits per heavy atom. The molecule has 0 unspecified atom stereocenters. The van der Waals surface area contributed by atoms with Crippen molar-refractivity contribution in [3.63, 3.8) is 0 Å². The number of rotatable bonds is 1. The van der Waals surface area contributed by atoms with Crippen LogP contribution in [-0.2, 0) is 11.8 Å². The van der Waals surface area contributed by atoms with Crippen LogP contribution < -0.4 is 0 Å². The Morgan fingerprint density at radius 2 is 1.38 bits per heavy atom. The number of benzene rings is 2. The monoisotopic (exact) mass is 318 g/mol. The summed E-state index contributed by atoms with van der Waals surface area (Å²) in [6.07, 6.45) is 1.10. The number of allylic oxidation sites excluding steroid dienone is 2. The predicted molar refractivity (Wildman–Crippen MR) is 106 cm³/mol. The van der Waals surface area contributed by atoms with Crippen molar-refractivity contribution >= 4 is 5.57 Å². The van der Waals surface area contributed by atoms with Gasteiger partial charge in [-0.1, -0.05) is 89.6 Å². The molecule has 0 nitrogen and oxygen atoms in total. The number of hydrogen-bond acceptors (Lipinski definition) is 0. The molecule has 0 aliphatic heterocycles. The van der Waals surface area contributed by atoms with E-state index in [0.717, 1.165) is 6.42 Å². The molecule has 126 valence electrons. The van der Waals surface area contributed by atoms with Crippen molar-refractivity contribution in [3.05, 3.63) is 64.7 Å². The third-order valence-electron chi connectivity index (χ3n) is 5.31. The van der Waals surface area contributed by atoms with Gasteiger partial charge in [0.1, 0.15) is 0 Å². The summed E-state index contributed by atoms with van der Waals surface area (Å²) in [4.78, 5) is 0. The fourth-order valence-electron chi connectivity index (χ4n) is 3.88. The summed E-state index contributed by atoms with van der Waals surface area (Å²) < 4.78 is 0. The Labute approximate surface area is 147 Å². The highest BCUT2D eigenvalue weighted by atomic mass is 14.3. The van der Waals surface area contributed by atoms with E-state index in [1.807, 2.05) is 0 Å². The third kappa shape index (κ3) is 2.95. The molecule has 0 saturated heterocycles. The van der Waals surface area contributed by atoms with Gasteiger partial charge in [0.25, 0.3) is 0 Å². The lowest BCUT2D eigenvalue weighted by atomic mass is 9.83. The van der Waals surface area contributed by atoms with Gasteiger partial charge in [0.15, 0.2) is 0 Å². The van der Waals surface area contributed by atoms with E-state index in [1.165, 1.54) is 33.4 Å². The maximum Gasteiger partial charge on any atom is -0.00496 e. The first-order valence-electron chi connectivity index (χ1n) is 9.02. The van der Waals surface area contributed by atoms with Crippen molar-refractivity contribution in [1.82, 2.24) is 0 Å². The molecule has 0 saturated carbocycles. The van der Waals surface area contributed by atoms with Crippen molar-refractivity contribution < 1.29 is 0 Å². The first-order chi connectivity index (χ1) is 11.1. The molecule has 2 aromatic carbocycles. The Kier molecular flexibility index (Phi) is 3.98. The van der Waals surface area contributed by atoms with E-state index in [1.54, 1.807) is 5.57 Å². The summed E-state index contributed by atoms with van der Waals surface area (Å²) in [6.45, 7) is 16.1. The van der Waals surface area contributed by atoms with E-state index >= 15 is 0 Å². The molecule has 1 aliphatic carbocycles. The minimum atomic E-state index is 0.201. The second-order valence-corrected chi connectivity index (χ2v) is 9.20. The van der Waals surface area contributed by atoms with Gasteiger partial charge < -0.3 is 0 Å². The fourth-order valence-corrected chi connectivity index (χ4v) is 3.88. The average molecular weight is 319 g/mol. The second-order valence-electron chi connectivity index (χ2n) is 9.20. The molecule has 0 N–H and O–H groups in total. The quantitative estimate of drug-likeness (QED) is 0.529. The lowest BCUT2D eigenvalue weighted by Crippen LogP contribution is -2.10. The molecule has 0 spiro atoms. The van der Waals surface area contributed by atoms with Crippen LogP contribution in [0.15, 0.2) is 48.0 Å². The zero-order chi connectivity index (χ0) is 17.7. The summed E-state index contributed by atoms with van der Waals surface area (Å²) in [5, 5.41) is 0. The highest BCUT2D eigenvalue weighted by Gasteiger charge is 2.28. The second kappa shape index (κ2) is 5.62. The maximum atomic E-state index is 2.33. The lowest BCUT2D eigenvalue weighted by molar-refractivity contribution is 0.496. The molecule has 1 aliphatic rings. The molecular weight excluding hydrogens is 288 g/mol. The zero-order valence-corrected chi connectivity index (χ0v) is 16.2. The van der Waals surface area contributed by atoms with Crippen LogP contribution in [0.4, 0.5) is 0 Å².